The lowest BCUT2D eigenvalue weighted by Gasteiger charge is -2.27. The summed E-state index contributed by atoms with van der Waals surface area (Å²) in [6.45, 7) is 6.56. The van der Waals surface area contributed by atoms with E-state index < -0.39 is 5.91 Å². The number of aliphatic hydroxyl groups excluding tert-OH is 1. The molecular weight excluding hydrogens is 320 g/mol. The van der Waals surface area contributed by atoms with Crippen LogP contribution in [0.4, 0.5) is 11.4 Å². The highest BCUT2D eigenvalue weighted by molar-refractivity contribution is 8.00. The molecular formula is C19H22N2O2S. The van der Waals surface area contributed by atoms with E-state index in [1.165, 1.54) is 5.56 Å². The molecule has 1 atom stereocenters. The van der Waals surface area contributed by atoms with Crippen LogP contribution in [0.1, 0.15) is 36.7 Å². The molecule has 1 aliphatic heterocycles. The maximum absolute atomic E-state index is 11.5. The Labute approximate surface area is 146 Å². The summed E-state index contributed by atoms with van der Waals surface area (Å²) in [5.74, 6) is -0.446. The van der Waals surface area contributed by atoms with E-state index in [4.69, 9.17) is 5.73 Å². The number of carbonyl (C=O) groups excluding carboxylic acids is 1. The molecule has 24 heavy (non-hydrogen) atoms. The van der Waals surface area contributed by atoms with E-state index >= 15 is 0 Å². The fourth-order valence-electron chi connectivity index (χ4n) is 2.86. The lowest BCUT2D eigenvalue weighted by molar-refractivity contribution is 0.100. The van der Waals surface area contributed by atoms with Gasteiger partial charge in [-0.05, 0) is 41.3 Å². The first-order valence-corrected chi connectivity index (χ1v) is 8.80. The molecule has 0 saturated heterocycles. The zero-order valence-corrected chi connectivity index (χ0v) is 14.9. The number of hydrogen-bond acceptors (Lipinski definition) is 4. The Kier molecular flexibility index (Phi) is 4.32. The molecule has 1 aliphatic rings. The molecule has 0 spiro atoms. The van der Waals surface area contributed by atoms with Gasteiger partial charge in [-0.2, -0.15) is 0 Å². The van der Waals surface area contributed by atoms with Crippen LogP contribution < -0.4 is 10.6 Å². The van der Waals surface area contributed by atoms with Crippen molar-refractivity contribution in [2.75, 3.05) is 11.5 Å². The van der Waals surface area contributed by atoms with Gasteiger partial charge >= 0.3 is 0 Å². The number of fused-ring (bicyclic) bond motifs is 1. The van der Waals surface area contributed by atoms with Gasteiger partial charge in [0.05, 0.1) is 12.3 Å². The number of hydrogen-bond donors (Lipinski definition) is 2. The molecule has 126 valence electrons. The minimum Gasteiger partial charge on any atom is -0.393 e. The molecule has 2 aromatic rings. The second kappa shape index (κ2) is 6.15. The summed E-state index contributed by atoms with van der Waals surface area (Å²) in [7, 11) is 0. The van der Waals surface area contributed by atoms with Crippen molar-refractivity contribution in [3.8, 4) is 0 Å². The molecule has 1 amide bonds. The molecule has 1 unspecified atom stereocenters. The second-order valence-corrected chi connectivity index (χ2v) is 8.19. The summed E-state index contributed by atoms with van der Waals surface area (Å²) >= 11 is 1.59. The number of thioether (sulfide) groups is 1. The van der Waals surface area contributed by atoms with Gasteiger partial charge in [-0.1, -0.05) is 44.7 Å². The smallest absolute Gasteiger partial charge is 0.248 e. The van der Waals surface area contributed by atoms with Gasteiger partial charge < -0.3 is 15.7 Å². The average Bonchev–Trinajstić information content (AvgIpc) is 2.91. The van der Waals surface area contributed by atoms with E-state index in [9.17, 15) is 9.90 Å². The first kappa shape index (κ1) is 16.9. The lowest BCUT2D eigenvalue weighted by Crippen LogP contribution is -2.27. The van der Waals surface area contributed by atoms with Gasteiger partial charge in [0.2, 0.25) is 5.91 Å². The summed E-state index contributed by atoms with van der Waals surface area (Å²) in [5.41, 5.74) is 9.14. The molecule has 2 aromatic carbocycles. The second-order valence-electron chi connectivity index (χ2n) is 6.97. The summed E-state index contributed by atoms with van der Waals surface area (Å²) in [6, 6.07) is 13.8. The molecule has 0 radical (unpaired) electrons. The number of benzene rings is 2. The van der Waals surface area contributed by atoms with Gasteiger partial charge in [0.15, 0.2) is 0 Å². The molecule has 3 N–H and O–H groups in total. The number of rotatable bonds is 3. The number of primary amides is 1. The predicted molar refractivity (Wildman–Crippen MR) is 99.0 cm³/mol. The van der Waals surface area contributed by atoms with E-state index in [1.807, 2.05) is 6.07 Å². The third-order valence-electron chi connectivity index (χ3n) is 4.22. The fraction of sp³-hybridized carbons (Fsp3) is 0.316. The fourth-order valence-corrected chi connectivity index (χ4v) is 3.99. The molecule has 0 bridgehead atoms. The van der Waals surface area contributed by atoms with E-state index in [0.717, 1.165) is 16.3 Å². The number of anilines is 2. The number of amides is 1. The number of nitrogens with zero attached hydrogens (tertiary/aromatic N) is 1. The Balaban J connectivity index is 2.03. The van der Waals surface area contributed by atoms with Gasteiger partial charge in [-0.15, -0.1) is 0 Å². The summed E-state index contributed by atoms with van der Waals surface area (Å²) in [4.78, 5) is 14.6. The van der Waals surface area contributed by atoms with Crippen molar-refractivity contribution < 1.29 is 9.90 Å². The normalized spacial score (nSPS) is 17.0. The van der Waals surface area contributed by atoms with Crippen LogP contribution in [0.2, 0.25) is 0 Å². The summed E-state index contributed by atoms with van der Waals surface area (Å²) in [5, 5.41) is 9.67. The molecule has 5 heteroatoms. The zero-order valence-electron chi connectivity index (χ0n) is 14.1. The van der Waals surface area contributed by atoms with Gasteiger partial charge in [0.25, 0.3) is 0 Å². The van der Waals surface area contributed by atoms with Crippen LogP contribution >= 0.6 is 11.8 Å². The standard InChI is InChI=1S/C19H22N2O2S/c1-19(2,3)13-5-7-14(8-6-13)21-15-10-12(18(20)23)4-9-16(15)24-17(21)11-22/h4-10,17,22H,11H2,1-3H3,(H2,20,23). The van der Waals surface area contributed by atoms with Gasteiger partial charge in [-0.25, -0.2) is 0 Å². The summed E-state index contributed by atoms with van der Waals surface area (Å²) in [6.07, 6.45) is 0. The Hall–Kier alpha value is -1.98. The van der Waals surface area contributed by atoms with Crippen LogP contribution in [0.5, 0.6) is 0 Å². The maximum atomic E-state index is 11.5. The molecule has 4 nitrogen and oxygen atoms in total. The van der Waals surface area contributed by atoms with Crippen LogP contribution in [-0.4, -0.2) is 23.0 Å². The predicted octanol–water partition coefficient (Wildman–Crippen LogP) is 3.65. The molecule has 0 fully saturated rings. The van der Waals surface area contributed by atoms with Gasteiger partial charge in [0.1, 0.15) is 5.37 Å². The Morgan fingerprint density at radius 2 is 1.88 bits per heavy atom. The van der Waals surface area contributed by atoms with Crippen LogP contribution in [0.3, 0.4) is 0 Å². The highest BCUT2D eigenvalue weighted by atomic mass is 32.2. The molecule has 0 saturated carbocycles. The third-order valence-corrected chi connectivity index (χ3v) is 5.45. The van der Waals surface area contributed by atoms with E-state index in [-0.39, 0.29) is 17.4 Å². The minimum absolute atomic E-state index is 0.0201. The Morgan fingerprint density at radius 3 is 2.42 bits per heavy atom. The van der Waals surface area contributed by atoms with E-state index in [1.54, 1.807) is 23.9 Å². The Morgan fingerprint density at radius 1 is 1.21 bits per heavy atom. The van der Waals surface area contributed by atoms with Crippen LogP contribution in [0.15, 0.2) is 47.4 Å². The van der Waals surface area contributed by atoms with Crippen molar-refractivity contribution >= 4 is 29.0 Å². The first-order chi connectivity index (χ1) is 11.3. The largest absolute Gasteiger partial charge is 0.393 e. The van der Waals surface area contributed by atoms with Crippen LogP contribution in [0, 0.1) is 0 Å². The first-order valence-electron chi connectivity index (χ1n) is 7.92. The summed E-state index contributed by atoms with van der Waals surface area (Å²) < 4.78 is 0. The van der Waals surface area contributed by atoms with Crippen molar-refractivity contribution in [2.45, 2.75) is 36.5 Å². The number of aliphatic hydroxyl groups is 1. The number of carbonyl (C=O) groups is 1. The zero-order chi connectivity index (χ0) is 17.5. The van der Waals surface area contributed by atoms with Crippen molar-refractivity contribution in [3.05, 3.63) is 53.6 Å². The van der Waals surface area contributed by atoms with E-state index in [2.05, 4.69) is 49.9 Å². The van der Waals surface area contributed by atoms with Crippen LogP contribution in [0.25, 0.3) is 0 Å². The highest BCUT2D eigenvalue weighted by Gasteiger charge is 2.31. The highest BCUT2D eigenvalue weighted by Crippen LogP contribution is 2.47. The monoisotopic (exact) mass is 342 g/mol. The Bertz CT molecular complexity index is 766. The minimum atomic E-state index is -0.446. The quantitative estimate of drug-likeness (QED) is 0.893. The average molecular weight is 342 g/mol. The third kappa shape index (κ3) is 3.01. The SMILES string of the molecule is CC(C)(C)c1ccc(N2c3cc(C(N)=O)ccc3SC2CO)cc1. The molecule has 0 aliphatic carbocycles. The van der Waals surface area contributed by atoms with Crippen molar-refractivity contribution in [1.82, 2.24) is 0 Å². The van der Waals surface area contributed by atoms with Crippen LogP contribution in [-0.2, 0) is 5.41 Å². The van der Waals surface area contributed by atoms with Crippen molar-refractivity contribution in [2.24, 2.45) is 5.73 Å². The topological polar surface area (TPSA) is 66.6 Å². The maximum Gasteiger partial charge on any atom is 0.248 e. The number of nitrogens with two attached hydrogens (primary N) is 1. The molecule has 3 rings (SSSR count). The van der Waals surface area contributed by atoms with Crippen molar-refractivity contribution in [1.29, 1.82) is 0 Å². The molecule has 0 aromatic heterocycles. The van der Waals surface area contributed by atoms with Crippen molar-refractivity contribution in [3.63, 3.8) is 0 Å². The van der Waals surface area contributed by atoms with Gasteiger partial charge in [-0.3, -0.25) is 4.79 Å². The lowest BCUT2D eigenvalue weighted by atomic mass is 9.87. The van der Waals surface area contributed by atoms with E-state index in [0.29, 0.717) is 5.56 Å². The van der Waals surface area contributed by atoms with Gasteiger partial charge in [0, 0.05) is 16.1 Å². The molecule has 1 heterocycles.